The van der Waals surface area contributed by atoms with Gasteiger partial charge in [0, 0.05) is 61.6 Å². The third-order valence-electron chi connectivity index (χ3n) is 6.81. The quantitative estimate of drug-likeness (QED) is 0.666. The van der Waals surface area contributed by atoms with E-state index in [0.717, 1.165) is 42.2 Å². The lowest BCUT2D eigenvalue weighted by Gasteiger charge is -2.36. The van der Waals surface area contributed by atoms with Crippen LogP contribution in [-0.4, -0.2) is 63.4 Å². The van der Waals surface area contributed by atoms with Gasteiger partial charge in [-0.1, -0.05) is 13.8 Å². The molecule has 1 N–H and O–H groups in total. The molecule has 0 bridgehead atoms. The number of amides is 1. The number of fused-ring (bicyclic) bond motifs is 2. The van der Waals surface area contributed by atoms with Crippen LogP contribution >= 0.6 is 0 Å². The number of aliphatic imine (C=N–C) groups is 1. The molecule has 1 atom stereocenters. The van der Waals surface area contributed by atoms with Crippen molar-refractivity contribution in [2.24, 2.45) is 16.8 Å². The first-order valence-electron chi connectivity index (χ1n) is 12.7. The molecule has 1 amide bonds. The van der Waals surface area contributed by atoms with Gasteiger partial charge in [-0.3, -0.25) is 4.99 Å². The third-order valence-corrected chi connectivity index (χ3v) is 6.81. The highest BCUT2D eigenvalue weighted by Gasteiger charge is 2.37. The zero-order valence-electron chi connectivity index (χ0n) is 22.0. The molecule has 4 heterocycles. The molecule has 2 aliphatic heterocycles. The SMILES string of the molecule is CC1=NC2=C(c3nc(Nc4ccc(N5CCN(C(=O)OC(C)(C)C)CC5)cn4)ncc3C2)C1C(C)C. The molecule has 190 valence electrons. The summed E-state index contributed by atoms with van der Waals surface area (Å²) in [6.45, 7) is 15.0. The minimum absolute atomic E-state index is 0.254. The summed E-state index contributed by atoms with van der Waals surface area (Å²) in [5.41, 5.74) is 6.27. The van der Waals surface area contributed by atoms with Gasteiger partial charge in [-0.05, 0) is 45.7 Å². The van der Waals surface area contributed by atoms with Crippen molar-refractivity contribution in [2.45, 2.75) is 53.6 Å². The van der Waals surface area contributed by atoms with Gasteiger partial charge in [-0.15, -0.1) is 0 Å². The molecule has 2 aromatic rings. The number of ether oxygens (including phenoxy) is 1. The number of hydrogen-bond acceptors (Lipinski definition) is 8. The highest BCUT2D eigenvalue weighted by molar-refractivity contribution is 6.02. The number of carbonyl (C=O) groups is 1. The zero-order valence-corrected chi connectivity index (χ0v) is 22.0. The molecule has 1 unspecified atom stereocenters. The fourth-order valence-electron chi connectivity index (χ4n) is 5.21. The maximum Gasteiger partial charge on any atom is 0.410 e. The lowest BCUT2D eigenvalue weighted by molar-refractivity contribution is 0.0240. The molecule has 0 aromatic carbocycles. The van der Waals surface area contributed by atoms with Gasteiger partial charge in [0.2, 0.25) is 5.95 Å². The van der Waals surface area contributed by atoms with E-state index in [4.69, 9.17) is 14.7 Å². The molecule has 1 aliphatic carbocycles. The average molecular weight is 490 g/mol. The Morgan fingerprint density at radius 3 is 2.50 bits per heavy atom. The summed E-state index contributed by atoms with van der Waals surface area (Å²) in [6, 6.07) is 3.98. The smallest absolute Gasteiger partial charge is 0.410 e. The van der Waals surface area contributed by atoms with Gasteiger partial charge in [0.25, 0.3) is 0 Å². The van der Waals surface area contributed by atoms with Crippen LogP contribution in [-0.2, 0) is 11.2 Å². The topological polar surface area (TPSA) is 95.8 Å². The van der Waals surface area contributed by atoms with Crippen molar-refractivity contribution in [1.82, 2.24) is 19.9 Å². The molecule has 0 radical (unpaired) electrons. The monoisotopic (exact) mass is 489 g/mol. The van der Waals surface area contributed by atoms with Gasteiger partial charge >= 0.3 is 6.09 Å². The van der Waals surface area contributed by atoms with E-state index in [-0.39, 0.29) is 6.09 Å². The van der Waals surface area contributed by atoms with Gasteiger partial charge in [0.15, 0.2) is 0 Å². The van der Waals surface area contributed by atoms with Crippen molar-refractivity contribution in [2.75, 3.05) is 36.4 Å². The number of piperazine rings is 1. The third kappa shape index (κ3) is 4.79. The number of pyridine rings is 1. The minimum Gasteiger partial charge on any atom is -0.444 e. The van der Waals surface area contributed by atoms with Crippen LogP contribution in [0.3, 0.4) is 0 Å². The first kappa shape index (κ1) is 24.2. The number of allylic oxidation sites excluding steroid dienone is 2. The van der Waals surface area contributed by atoms with E-state index >= 15 is 0 Å². The second-order valence-corrected chi connectivity index (χ2v) is 11.1. The molecule has 3 aliphatic rings. The normalized spacial score (nSPS) is 19.4. The van der Waals surface area contributed by atoms with Crippen molar-refractivity contribution >= 4 is 34.8 Å². The summed E-state index contributed by atoms with van der Waals surface area (Å²) in [5, 5.41) is 3.26. The van der Waals surface area contributed by atoms with Crippen LogP contribution in [0.4, 0.5) is 22.2 Å². The molecule has 36 heavy (non-hydrogen) atoms. The largest absolute Gasteiger partial charge is 0.444 e. The number of hydrogen-bond donors (Lipinski definition) is 1. The fourth-order valence-corrected chi connectivity index (χ4v) is 5.21. The molecule has 1 saturated heterocycles. The van der Waals surface area contributed by atoms with Crippen LogP contribution in [0, 0.1) is 11.8 Å². The second-order valence-electron chi connectivity index (χ2n) is 11.1. The minimum atomic E-state index is -0.483. The van der Waals surface area contributed by atoms with Crippen LogP contribution in [0.1, 0.15) is 52.8 Å². The molecule has 2 aromatic heterocycles. The maximum absolute atomic E-state index is 12.3. The first-order valence-corrected chi connectivity index (χ1v) is 12.7. The first-order chi connectivity index (χ1) is 17.1. The Morgan fingerprint density at radius 2 is 1.86 bits per heavy atom. The van der Waals surface area contributed by atoms with Gasteiger partial charge in [0.05, 0.1) is 23.3 Å². The number of nitrogens with zero attached hydrogens (tertiary/aromatic N) is 6. The molecule has 1 fully saturated rings. The van der Waals surface area contributed by atoms with Crippen molar-refractivity contribution < 1.29 is 9.53 Å². The predicted molar refractivity (Wildman–Crippen MR) is 142 cm³/mol. The van der Waals surface area contributed by atoms with E-state index in [9.17, 15) is 4.79 Å². The number of aromatic nitrogens is 3. The molecule has 5 rings (SSSR count). The van der Waals surface area contributed by atoms with E-state index in [2.05, 4.69) is 41.0 Å². The van der Waals surface area contributed by atoms with Crippen LogP contribution < -0.4 is 10.2 Å². The van der Waals surface area contributed by atoms with Crippen LogP contribution in [0.25, 0.3) is 5.57 Å². The van der Waals surface area contributed by atoms with Crippen molar-refractivity contribution in [3.8, 4) is 0 Å². The van der Waals surface area contributed by atoms with Crippen LogP contribution in [0.2, 0.25) is 0 Å². The Kier molecular flexibility index (Phi) is 6.18. The van der Waals surface area contributed by atoms with E-state index < -0.39 is 5.60 Å². The second kappa shape index (κ2) is 9.19. The van der Waals surface area contributed by atoms with E-state index in [1.54, 1.807) is 4.90 Å². The van der Waals surface area contributed by atoms with Crippen LogP contribution in [0.5, 0.6) is 0 Å². The summed E-state index contributed by atoms with van der Waals surface area (Å²) in [5.74, 6) is 2.02. The predicted octanol–water partition coefficient (Wildman–Crippen LogP) is 4.69. The van der Waals surface area contributed by atoms with E-state index in [1.807, 2.05) is 45.3 Å². The molecule has 0 spiro atoms. The Balaban J connectivity index is 1.22. The number of rotatable bonds is 4. The lowest BCUT2D eigenvalue weighted by Crippen LogP contribution is -2.50. The summed E-state index contributed by atoms with van der Waals surface area (Å²) in [4.78, 5) is 35.1. The fraction of sp³-hybridized carbons (Fsp3) is 0.519. The number of carbonyl (C=O) groups excluding carboxylic acids is 1. The number of anilines is 3. The zero-order chi connectivity index (χ0) is 25.6. The Hall–Kier alpha value is -3.49. The summed E-state index contributed by atoms with van der Waals surface area (Å²) in [7, 11) is 0. The van der Waals surface area contributed by atoms with Crippen molar-refractivity contribution in [3.05, 3.63) is 41.5 Å². The van der Waals surface area contributed by atoms with E-state index in [1.165, 1.54) is 11.3 Å². The Bertz CT molecular complexity index is 1220. The maximum atomic E-state index is 12.3. The van der Waals surface area contributed by atoms with Gasteiger partial charge < -0.3 is 19.9 Å². The Morgan fingerprint density at radius 1 is 1.11 bits per heavy atom. The number of nitrogens with one attached hydrogen (secondary N) is 1. The van der Waals surface area contributed by atoms with Crippen LogP contribution in [0.15, 0.2) is 35.2 Å². The molecule has 0 saturated carbocycles. The van der Waals surface area contributed by atoms with E-state index in [0.29, 0.717) is 36.7 Å². The van der Waals surface area contributed by atoms with Crippen molar-refractivity contribution in [1.29, 1.82) is 0 Å². The average Bonchev–Trinajstić information content (AvgIpc) is 3.32. The summed E-state index contributed by atoms with van der Waals surface area (Å²) in [6.07, 6.45) is 4.31. The standard InChI is InChI=1S/C27H35N7O2/c1-16(2)22-17(3)30-20-13-18-14-29-25(32-24(18)23(20)22)31-21-8-7-19(15-28-21)33-9-11-34(12-10-33)26(35)36-27(4,5)6/h7-8,14-16,22H,9-13H2,1-6H3,(H,28,29,31,32). The molecule has 9 heteroatoms. The highest BCUT2D eigenvalue weighted by atomic mass is 16.6. The van der Waals surface area contributed by atoms with Crippen molar-refractivity contribution in [3.63, 3.8) is 0 Å². The van der Waals surface area contributed by atoms with Gasteiger partial charge in [0.1, 0.15) is 11.4 Å². The summed E-state index contributed by atoms with van der Waals surface area (Å²) < 4.78 is 5.49. The van der Waals surface area contributed by atoms with Gasteiger partial charge in [-0.2, -0.15) is 0 Å². The highest BCUT2D eigenvalue weighted by Crippen LogP contribution is 2.44. The molecular weight excluding hydrogens is 454 g/mol. The molecule has 9 nitrogen and oxygen atoms in total. The lowest BCUT2D eigenvalue weighted by atomic mass is 9.85. The Labute approximate surface area is 212 Å². The molecular formula is C27H35N7O2. The summed E-state index contributed by atoms with van der Waals surface area (Å²) >= 11 is 0. The van der Waals surface area contributed by atoms with Gasteiger partial charge in [-0.25, -0.2) is 19.7 Å².